The maximum Gasteiger partial charge on any atom is 0.267 e. The minimum atomic E-state index is -0.906. The number of halogens is 1. The number of hydrogen-bond donors (Lipinski definition) is 0. The molecule has 27 heavy (non-hydrogen) atoms. The second kappa shape index (κ2) is 6.85. The average Bonchev–Trinajstić information content (AvgIpc) is 2.59. The summed E-state index contributed by atoms with van der Waals surface area (Å²) >= 11 is 5.63. The Morgan fingerprint density at radius 2 is 1.81 bits per heavy atom. The molecule has 1 aliphatic rings. The molecule has 0 N–H and O–H groups in total. The summed E-state index contributed by atoms with van der Waals surface area (Å²) in [6.45, 7) is 3.93. The molecule has 0 bridgehead atoms. The maximum absolute atomic E-state index is 13.1. The van der Waals surface area contributed by atoms with Crippen LogP contribution in [0, 0.1) is 5.41 Å². The SMILES string of the molecule is COc1ccc(OC)c(-n2c3c(cc(C(=O)Cl)c2=O)C(=O)CC(C)(C)C3)c1. The van der Waals surface area contributed by atoms with Gasteiger partial charge in [0, 0.05) is 23.7 Å². The second-order valence-corrected chi connectivity index (χ2v) is 7.65. The summed E-state index contributed by atoms with van der Waals surface area (Å²) in [6, 6.07) is 6.31. The molecule has 1 aliphatic carbocycles. The summed E-state index contributed by atoms with van der Waals surface area (Å²) in [7, 11) is 2.99. The van der Waals surface area contributed by atoms with Gasteiger partial charge in [0.2, 0.25) is 0 Å². The van der Waals surface area contributed by atoms with Crippen molar-refractivity contribution in [3.8, 4) is 17.2 Å². The van der Waals surface area contributed by atoms with Crippen LogP contribution in [0.15, 0.2) is 29.1 Å². The van der Waals surface area contributed by atoms with Gasteiger partial charge < -0.3 is 9.47 Å². The number of carbonyl (C=O) groups is 2. The van der Waals surface area contributed by atoms with Crippen LogP contribution < -0.4 is 15.0 Å². The van der Waals surface area contributed by atoms with E-state index in [4.69, 9.17) is 21.1 Å². The number of methoxy groups -OCH3 is 2. The topological polar surface area (TPSA) is 74.6 Å². The predicted molar refractivity (Wildman–Crippen MR) is 102 cm³/mol. The van der Waals surface area contributed by atoms with Crippen LogP contribution in [0.2, 0.25) is 0 Å². The number of fused-ring (bicyclic) bond motifs is 1. The molecule has 0 radical (unpaired) electrons. The molecule has 0 amide bonds. The predicted octanol–water partition coefficient (Wildman–Crippen LogP) is 3.39. The number of carbonyl (C=O) groups excluding carboxylic acids is 2. The highest BCUT2D eigenvalue weighted by atomic mass is 35.5. The van der Waals surface area contributed by atoms with Gasteiger partial charge in [-0.05, 0) is 41.6 Å². The van der Waals surface area contributed by atoms with E-state index in [-0.39, 0.29) is 16.8 Å². The normalized spacial score (nSPS) is 15.2. The highest BCUT2D eigenvalue weighted by molar-refractivity contribution is 6.67. The molecule has 6 nitrogen and oxygen atoms in total. The number of pyridine rings is 1. The van der Waals surface area contributed by atoms with E-state index in [0.29, 0.717) is 41.3 Å². The molecule has 3 rings (SSSR count). The Hall–Kier alpha value is -2.60. The first kappa shape index (κ1) is 19.2. The molecule has 0 unspecified atom stereocenters. The van der Waals surface area contributed by atoms with Gasteiger partial charge in [0.25, 0.3) is 10.8 Å². The highest BCUT2D eigenvalue weighted by Gasteiger charge is 2.35. The number of benzene rings is 1. The molecule has 0 atom stereocenters. The standard InChI is InChI=1S/C20H20ClNO5/c1-20(2)9-15-12(16(23)10-20)8-13(18(21)24)19(25)22(15)14-7-11(26-3)5-6-17(14)27-4/h5-8H,9-10H2,1-4H3. The van der Waals surface area contributed by atoms with Gasteiger partial charge in [0.15, 0.2) is 5.78 Å². The smallest absolute Gasteiger partial charge is 0.267 e. The van der Waals surface area contributed by atoms with Crippen LogP contribution in [-0.2, 0) is 6.42 Å². The Bertz CT molecular complexity index is 1010. The van der Waals surface area contributed by atoms with Crippen molar-refractivity contribution in [3.63, 3.8) is 0 Å². The van der Waals surface area contributed by atoms with Crippen LogP contribution in [0.25, 0.3) is 5.69 Å². The number of rotatable bonds is 4. The van der Waals surface area contributed by atoms with E-state index in [1.165, 1.54) is 24.9 Å². The van der Waals surface area contributed by atoms with Crippen molar-refractivity contribution in [1.82, 2.24) is 4.57 Å². The summed E-state index contributed by atoms with van der Waals surface area (Å²) < 4.78 is 12.0. The molecule has 1 heterocycles. The molecule has 142 valence electrons. The minimum absolute atomic E-state index is 0.129. The van der Waals surface area contributed by atoms with Crippen LogP contribution in [0.3, 0.4) is 0 Å². The number of ketones is 1. The lowest BCUT2D eigenvalue weighted by Crippen LogP contribution is -2.36. The Morgan fingerprint density at radius 1 is 1.11 bits per heavy atom. The second-order valence-electron chi connectivity index (χ2n) is 7.31. The Morgan fingerprint density at radius 3 is 2.41 bits per heavy atom. The molecule has 0 spiro atoms. The Balaban J connectivity index is 2.44. The van der Waals surface area contributed by atoms with Gasteiger partial charge >= 0.3 is 0 Å². The van der Waals surface area contributed by atoms with E-state index >= 15 is 0 Å². The van der Waals surface area contributed by atoms with E-state index in [1.807, 2.05) is 13.8 Å². The van der Waals surface area contributed by atoms with Gasteiger partial charge in [-0.2, -0.15) is 0 Å². The molecule has 2 aromatic rings. The summed E-state index contributed by atoms with van der Waals surface area (Å²) in [4.78, 5) is 37.7. The van der Waals surface area contributed by atoms with Crippen LogP contribution in [0.4, 0.5) is 0 Å². The summed E-state index contributed by atoms with van der Waals surface area (Å²) in [5.74, 6) is 0.793. The third-order valence-electron chi connectivity index (χ3n) is 4.73. The summed E-state index contributed by atoms with van der Waals surface area (Å²) in [5.41, 5.74) is 0.108. The van der Waals surface area contributed by atoms with E-state index in [2.05, 4.69) is 0 Å². The van der Waals surface area contributed by atoms with E-state index in [1.54, 1.807) is 18.2 Å². The molecular weight excluding hydrogens is 370 g/mol. The van der Waals surface area contributed by atoms with Gasteiger partial charge in [-0.3, -0.25) is 19.0 Å². The lowest BCUT2D eigenvalue weighted by molar-refractivity contribution is 0.0908. The zero-order valence-corrected chi connectivity index (χ0v) is 16.3. The first-order valence-corrected chi connectivity index (χ1v) is 8.80. The number of aromatic nitrogens is 1. The monoisotopic (exact) mass is 389 g/mol. The van der Waals surface area contributed by atoms with Crippen molar-refractivity contribution in [3.05, 3.63) is 51.4 Å². The highest BCUT2D eigenvalue weighted by Crippen LogP contribution is 2.37. The minimum Gasteiger partial charge on any atom is -0.497 e. The number of ether oxygens (including phenoxy) is 2. The van der Waals surface area contributed by atoms with Crippen LogP contribution in [-0.4, -0.2) is 29.8 Å². The molecule has 0 fully saturated rings. The Labute approximate surface area is 161 Å². The van der Waals surface area contributed by atoms with Gasteiger partial charge in [-0.15, -0.1) is 0 Å². The zero-order valence-electron chi connectivity index (χ0n) is 15.6. The van der Waals surface area contributed by atoms with Crippen LogP contribution >= 0.6 is 11.6 Å². The lowest BCUT2D eigenvalue weighted by atomic mass is 9.75. The molecule has 7 heteroatoms. The van der Waals surface area contributed by atoms with Crippen molar-refractivity contribution in [2.45, 2.75) is 26.7 Å². The van der Waals surface area contributed by atoms with Crippen molar-refractivity contribution in [2.75, 3.05) is 14.2 Å². The number of Topliss-reactive ketones (excluding diaryl/α,β-unsaturated/α-hetero) is 1. The third kappa shape index (κ3) is 3.37. The van der Waals surface area contributed by atoms with Gasteiger partial charge in [0.1, 0.15) is 17.1 Å². The van der Waals surface area contributed by atoms with E-state index in [0.717, 1.165) is 0 Å². The van der Waals surface area contributed by atoms with Crippen LogP contribution in [0.5, 0.6) is 11.5 Å². The average molecular weight is 390 g/mol. The largest absolute Gasteiger partial charge is 0.497 e. The maximum atomic E-state index is 13.1. The van der Waals surface area contributed by atoms with E-state index in [9.17, 15) is 14.4 Å². The lowest BCUT2D eigenvalue weighted by Gasteiger charge is -2.32. The first-order chi connectivity index (χ1) is 12.7. The fourth-order valence-electron chi connectivity index (χ4n) is 3.48. The molecule has 1 aromatic carbocycles. The zero-order chi connectivity index (χ0) is 19.9. The van der Waals surface area contributed by atoms with Crippen molar-refractivity contribution >= 4 is 22.6 Å². The summed E-state index contributed by atoms with van der Waals surface area (Å²) in [5, 5.41) is -0.906. The van der Waals surface area contributed by atoms with E-state index < -0.39 is 10.8 Å². The number of nitrogens with zero attached hydrogens (tertiary/aromatic N) is 1. The fourth-order valence-corrected chi connectivity index (χ4v) is 3.62. The molecule has 0 aliphatic heterocycles. The van der Waals surface area contributed by atoms with Crippen molar-refractivity contribution in [2.24, 2.45) is 5.41 Å². The molecule has 1 aromatic heterocycles. The van der Waals surface area contributed by atoms with Crippen LogP contribution in [0.1, 0.15) is 46.7 Å². The fraction of sp³-hybridized carbons (Fsp3) is 0.350. The summed E-state index contributed by atoms with van der Waals surface area (Å²) in [6.07, 6.45) is 0.809. The van der Waals surface area contributed by atoms with Crippen molar-refractivity contribution < 1.29 is 19.1 Å². The molecular formula is C20H20ClNO5. The molecule has 0 saturated heterocycles. The van der Waals surface area contributed by atoms with Gasteiger partial charge in [0.05, 0.1) is 19.9 Å². The third-order valence-corrected chi connectivity index (χ3v) is 4.93. The number of hydrogen-bond acceptors (Lipinski definition) is 5. The van der Waals surface area contributed by atoms with Gasteiger partial charge in [-0.25, -0.2) is 0 Å². The molecule has 0 saturated carbocycles. The quantitative estimate of drug-likeness (QED) is 0.749. The van der Waals surface area contributed by atoms with Gasteiger partial charge in [-0.1, -0.05) is 13.8 Å². The first-order valence-electron chi connectivity index (χ1n) is 8.43. The van der Waals surface area contributed by atoms with Crippen molar-refractivity contribution in [1.29, 1.82) is 0 Å². The Kier molecular flexibility index (Phi) is 4.86.